The van der Waals surface area contributed by atoms with Gasteiger partial charge in [0.25, 0.3) is 0 Å². The first-order valence-corrected chi connectivity index (χ1v) is 10.2. The van der Waals surface area contributed by atoms with Crippen molar-refractivity contribution < 1.29 is 14.3 Å². The number of hydrogen-bond acceptors (Lipinski definition) is 4. The zero-order valence-corrected chi connectivity index (χ0v) is 15.8. The summed E-state index contributed by atoms with van der Waals surface area (Å²) in [5.41, 5.74) is 0. The van der Waals surface area contributed by atoms with Gasteiger partial charge >= 0.3 is 5.97 Å². The van der Waals surface area contributed by atoms with Gasteiger partial charge in [0.1, 0.15) is 0 Å². The summed E-state index contributed by atoms with van der Waals surface area (Å²) < 4.78 is 4.86. The van der Waals surface area contributed by atoms with E-state index in [1.807, 2.05) is 0 Å². The van der Waals surface area contributed by atoms with Gasteiger partial charge in [0.05, 0.1) is 19.6 Å². The van der Waals surface area contributed by atoms with Crippen LogP contribution >= 0.6 is 0 Å². The Morgan fingerprint density at radius 1 is 1.12 bits per heavy atom. The number of esters is 1. The fraction of sp³-hybridized carbons (Fsp3) is 0.900. The lowest BCUT2D eigenvalue weighted by Crippen LogP contribution is -2.50. The Morgan fingerprint density at radius 3 is 2.56 bits per heavy atom. The first kappa shape index (κ1) is 18.7. The van der Waals surface area contributed by atoms with E-state index in [0.29, 0.717) is 30.2 Å². The molecule has 0 bridgehead atoms. The molecule has 3 rings (SSSR count). The van der Waals surface area contributed by atoms with Gasteiger partial charge in [-0.2, -0.15) is 0 Å². The van der Waals surface area contributed by atoms with Crippen LogP contribution in [-0.4, -0.2) is 37.1 Å². The molecule has 1 aliphatic heterocycles. The maximum absolute atomic E-state index is 12.9. The van der Waals surface area contributed by atoms with Crippen LogP contribution in [0, 0.1) is 17.8 Å². The van der Waals surface area contributed by atoms with Gasteiger partial charge < -0.3 is 15.4 Å². The van der Waals surface area contributed by atoms with Crippen LogP contribution in [0.5, 0.6) is 0 Å². The number of ether oxygens (including phenoxy) is 1. The minimum Gasteiger partial charge on any atom is -0.469 e. The van der Waals surface area contributed by atoms with Crippen LogP contribution in [0.15, 0.2) is 0 Å². The number of methoxy groups -OCH3 is 1. The number of carbonyl (C=O) groups is 2. The maximum atomic E-state index is 12.9. The molecule has 3 aliphatic rings. The summed E-state index contributed by atoms with van der Waals surface area (Å²) in [7, 11) is 1.42. The molecule has 0 radical (unpaired) electrons. The molecule has 0 aromatic rings. The van der Waals surface area contributed by atoms with Crippen molar-refractivity contribution in [3.63, 3.8) is 0 Å². The minimum atomic E-state index is -0.224. The van der Waals surface area contributed by atoms with E-state index in [1.165, 1.54) is 45.6 Å². The SMILES string of the molecule is COC(=O)C[C@@H](NC(=O)C1CC2CCCC(C)C2N1)C1CCCCC1. The second kappa shape index (κ2) is 8.52. The number of hydrogen-bond donors (Lipinski definition) is 2. The first-order valence-electron chi connectivity index (χ1n) is 10.2. The zero-order chi connectivity index (χ0) is 17.8. The van der Waals surface area contributed by atoms with Gasteiger partial charge in [-0.05, 0) is 49.9 Å². The fourth-order valence-electron chi connectivity index (χ4n) is 5.29. The van der Waals surface area contributed by atoms with Crippen LogP contribution in [0.4, 0.5) is 0 Å². The molecule has 1 amide bonds. The van der Waals surface area contributed by atoms with Crippen LogP contribution < -0.4 is 10.6 Å². The third-order valence-corrected chi connectivity index (χ3v) is 6.76. The summed E-state index contributed by atoms with van der Waals surface area (Å²) >= 11 is 0. The standard InChI is InChI=1S/C20H34N2O3/c1-13-7-6-10-15-11-17(21-19(13)15)20(24)22-16(12-18(23)25-2)14-8-4-3-5-9-14/h13-17,19,21H,3-12H2,1-2H3,(H,22,24)/t13?,15?,16-,17?,19?/m1/s1. The lowest BCUT2D eigenvalue weighted by Gasteiger charge is -2.31. The summed E-state index contributed by atoms with van der Waals surface area (Å²) in [6, 6.07) is 0.305. The predicted molar refractivity (Wildman–Crippen MR) is 97.0 cm³/mol. The molecule has 3 fully saturated rings. The quantitative estimate of drug-likeness (QED) is 0.748. The van der Waals surface area contributed by atoms with Gasteiger partial charge in [-0.1, -0.05) is 32.6 Å². The highest BCUT2D eigenvalue weighted by molar-refractivity contribution is 5.83. The smallest absolute Gasteiger partial charge is 0.307 e. The van der Waals surface area contributed by atoms with Crippen molar-refractivity contribution in [1.82, 2.24) is 10.6 Å². The van der Waals surface area contributed by atoms with Crippen LogP contribution in [0.2, 0.25) is 0 Å². The highest BCUT2D eigenvalue weighted by atomic mass is 16.5. The monoisotopic (exact) mass is 350 g/mol. The number of carbonyl (C=O) groups excluding carboxylic acids is 2. The van der Waals surface area contributed by atoms with Crippen molar-refractivity contribution in [2.75, 3.05) is 7.11 Å². The molecule has 5 atom stereocenters. The van der Waals surface area contributed by atoms with E-state index in [9.17, 15) is 9.59 Å². The van der Waals surface area contributed by atoms with Crippen molar-refractivity contribution in [3.8, 4) is 0 Å². The van der Waals surface area contributed by atoms with Crippen molar-refractivity contribution >= 4 is 11.9 Å². The molecule has 1 heterocycles. The number of nitrogens with one attached hydrogen (secondary N) is 2. The summed E-state index contributed by atoms with van der Waals surface area (Å²) in [6.07, 6.45) is 10.9. The highest BCUT2D eigenvalue weighted by Gasteiger charge is 2.42. The molecule has 5 heteroatoms. The van der Waals surface area contributed by atoms with Gasteiger partial charge in [0.2, 0.25) is 5.91 Å². The molecular weight excluding hydrogens is 316 g/mol. The summed E-state index contributed by atoms with van der Waals surface area (Å²) in [4.78, 5) is 24.7. The van der Waals surface area contributed by atoms with E-state index in [2.05, 4.69) is 17.6 Å². The topological polar surface area (TPSA) is 67.4 Å². The van der Waals surface area contributed by atoms with Crippen molar-refractivity contribution in [1.29, 1.82) is 0 Å². The second-order valence-electron chi connectivity index (χ2n) is 8.44. The average molecular weight is 351 g/mol. The first-order chi connectivity index (χ1) is 12.1. The highest BCUT2D eigenvalue weighted by Crippen LogP contribution is 2.37. The van der Waals surface area contributed by atoms with E-state index in [1.54, 1.807) is 0 Å². The van der Waals surface area contributed by atoms with Crippen molar-refractivity contribution in [2.24, 2.45) is 17.8 Å². The molecule has 25 heavy (non-hydrogen) atoms. The average Bonchev–Trinajstić information content (AvgIpc) is 3.07. The second-order valence-corrected chi connectivity index (χ2v) is 8.44. The Balaban J connectivity index is 1.60. The largest absolute Gasteiger partial charge is 0.469 e. The molecule has 142 valence electrons. The lowest BCUT2D eigenvalue weighted by atomic mass is 9.78. The van der Waals surface area contributed by atoms with Gasteiger partial charge in [-0.25, -0.2) is 0 Å². The van der Waals surface area contributed by atoms with Crippen LogP contribution in [0.3, 0.4) is 0 Å². The third-order valence-electron chi connectivity index (χ3n) is 6.76. The molecule has 5 nitrogen and oxygen atoms in total. The minimum absolute atomic E-state index is 0.0814. The van der Waals surface area contributed by atoms with Gasteiger partial charge in [-0.3, -0.25) is 9.59 Å². The van der Waals surface area contributed by atoms with Crippen LogP contribution in [0.25, 0.3) is 0 Å². The molecule has 0 aromatic carbocycles. The molecular formula is C20H34N2O3. The molecule has 2 N–H and O–H groups in total. The van der Waals surface area contributed by atoms with Gasteiger partial charge in [-0.15, -0.1) is 0 Å². The van der Waals surface area contributed by atoms with Gasteiger partial charge in [0, 0.05) is 12.1 Å². The van der Waals surface area contributed by atoms with Crippen LogP contribution in [0.1, 0.15) is 71.1 Å². The third kappa shape index (κ3) is 4.55. The molecule has 2 saturated carbocycles. The Bertz CT molecular complexity index is 476. The predicted octanol–water partition coefficient (Wildman–Crippen LogP) is 2.78. The Kier molecular flexibility index (Phi) is 6.37. The molecule has 0 spiro atoms. The molecule has 1 saturated heterocycles. The van der Waals surface area contributed by atoms with Crippen molar-refractivity contribution in [3.05, 3.63) is 0 Å². The lowest BCUT2D eigenvalue weighted by molar-refractivity contribution is -0.141. The van der Waals surface area contributed by atoms with Crippen molar-refractivity contribution in [2.45, 2.75) is 89.3 Å². The summed E-state index contributed by atoms with van der Waals surface area (Å²) in [5, 5.41) is 6.81. The number of amides is 1. The van der Waals surface area contributed by atoms with Crippen LogP contribution in [-0.2, 0) is 14.3 Å². The van der Waals surface area contributed by atoms with Gasteiger partial charge in [0.15, 0.2) is 0 Å². The summed E-state index contributed by atoms with van der Waals surface area (Å²) in [6.45, 7) is 2.30. The molecule has 4 unspecified atom stereocenters. The summed E-state index contributed by atoms with van der Waals surface area (Å²) in [5.74, 6) is 1.55. The number of fused-ring (bicyclic) bond motifs is 1. The normalized spacial score (nSPS) is 34.2. The Labute approximate surface area is 151 Å². The van der Waals surface area contributed by atoms with E-state index in [4.69, 9.17) is 4.74 Å². The van der Waals surface area contributed by atoms with E-state index >= 15 is 0 Å². The molecule has 2 aliphatic carbocycles. The van der Waals surface area contributed by atoms with E-state index in [-0.39, 0.29) is 24.0 Å². The Morgan fingerprint density at radius 2 is 1.88 bits per heavy atom. The van der Waals surface area contributed by atoms with E-state index in [0.717, 1.165) is 19.3 Å². The fourth-order valence-corrected chi connectivity index (χ4v) is 5.29. The van der Waals surface area contributed by atoms with E-state index < -0.39 is 0 Å². The Hall–Kier alpha value is -1.10. The molecule has 0 aromatic heterocycles. The maximum Gasteiger partial charge on any atom is 0.307 e. The zero-order valence-electron chi connectivity index (χ0n) is 15.8. The number of rotatable bonds is 5.